The SMILES string of the molecule is COc1ccc([C@@H](C2CCCCC2)N2CCNCC2)cn1. The van der Waals surface area contributed by atoms with E-state index >= 15 is 0 Å². The van der Waals surface area contributed by atoms with Crippen molar-refractivity contribution >= 4 is 0 Å². The third-order valence-corrected chi connectivity index (χ3v) is 4.95. The van der Waals surface area contributed by atoms with Crippen LogP contribution in [0, 0.1) is 5.92 Å². The first-order chi connectivity index (χ1) is 10.4. The predicted molar refractivity (Wildman–Crippen MR) is 84.5 cm³/mol. The minimum Gasteiger partial charge on any atom is -0.481 e. The summed E-state index contributed by atoms with van der Waals surface area (Å²) >= 11 is 0. The van der Waals surface area contributed by atoms with Crippen LogP contribution in [-0.2, 0) is 0 Å². The van der Waals surface area contributed by atoms with Crippen LogP contribution in [0.15, 0.2) is 18.3 Å². The monoisotopic (exact) mass is 289 g/mol. The maximum atomic E-state index is 5.21. The number of piperazine rings is 1. The van der Waals surface area contributed by atoms with Crippen molar-refractivity contribution in [3.63, 3.8) is 0 Å². The second-order valence-electron chi connectivity index (χ2n) is 6.26. The number of methoxy groups -OCH3 is 1. The van der Waals surface area contributed by atoms with E-state index in [1.54, 1.807) is 7.11 Å². The second-order valence-corrected chi connectivity index (χ2v) is 6.26. The summed E-state index contributed by atoms with van der Waals surface area (Å²) in [7, 11) is 1.68. The average Bonchev–Trinajstić information content (AvgIpc) is 2.58. The van der Waals surface area contributed by atoms with Gasteiger partial charge in [0, 0.05) is 44.5 Å². The second kappa shape index (κ2) is 7.23. The maximum Gasteiger partial charge on any atom is 0.212 e. The van der Waals surface area contributed by atoms with Gasteiger partial charge in [0.25, 0.3) is 0 Å². The van der Waals surface area contributed by atoms with E-state index in [4.69, 9.17) is 4.74 Å². The zero-order valence-corrected chi connectivity index (χ0v) is 13.1. The molecular weight excluding hydrogens is 262 g/mol. The smallest absolute Gasteiger partial charge is 0.212 e. The fraction of sp³-hybridized carbons (Fsp3) is 0.706. The molecular formula is C17H27N3O. The van der Waals surface area contributed by atoms with Crippen LogP contribution in [0.4, 0.5) is 0 Å². The van der Waals surface area contributed by atoms with E-state index in [1.807, 2.05) is 12.3 Å². The molecule has 0 radical (unpaired) electrons. The van der Waals surface area contributed by atoms with E-state index in [-0.39, 0.29) is 0 Å². The number of aromatic nitrogens is 1. The lowest BCUT2D eigenvalue weighted by molar-refractivity contribution is 0.103. The molecule has 2 fully saturated rings. The summed E-state index contributed by atoms with van der Waals surface area (Å²) in [5.74, 6) is 1.49. The highest BCUT2D eigenvalue weighted by Crippen LogP contribution is 2.38. The number of pyridine rings is 1. The average molecular weight is 289 g/mol. The Labute approximate surface area is 127 Å². The van der Waals surface area contributed by atoms with Crippen molar-refractivity contribution in [3.8, 4) is 5.88 Å². The van der Waals surface area contributed by atoms with Gasteiger partial charge < -0.3 is 10.1 Å². The third-order valence-electron chi connectivity index (χ3n) is 4.95. The molecule has 2 aliphatic rings. The summed E-state index contributed by atoms with van der Waals surface area (Å²) in [5.41, 5.74) is 1.37. The first-order valence-electron chi connectivity index (χ1n) is 8.33. The molecule has 3 rings (SSSR count). The normalized spacial score (nSPS) is 22.9. The van der Waals surface area contributed by atoms with Crippen LogP contribution in [0.2, 0.25) is 0 Å². The first kappa shape index (κ1) is 14.8. The minimum absolute atomic E-state index is 0.533. The largest absolute Gasteiger partial charge is 0.481 e. The predicted octanol–water partition coefficient (Wildman–Crippen LogP) is 2.62. The van der Waals surface area contributed by atoms with E-state index in [0.717, 1.165) is 32.1 Å². The van der Waals surface area contributed by atoms with Crippen molar-refractivity contribution in [2.24, 2.45) is 5.92 Å². The summed E-state index contributed by atoms with van der Waals surface area (Å²) in [5, 5.41) is 3.46. The number of rotatable bonds is 4. The third kappa shape index (κ3) is 3.55. The van der Waals surface area contributed by atoms with Crippen LogP contribution in [0.5, 0.6) is 5.88 Å². The molecule has 4 nitrogen and oxygen atoms in total. The Morgan fingerprint density at radius 1 is 1.19 bits per heavy atom. The minimum atomic E-state index is 0.533. The first-order valence-corrected chi connectivity index (χ1v) is 8.33. The highest BCUT2D eigenvalue weighted by molar-refractivity contribution is 5.22. The van der Waals surface area contributed by atoms with Crippen molar-refractivity contribution in [2.45, 2.75) is 38.1 Å². The molecule has 1 aromatic heterocycles. The fourth-order valence-electron chi connectivity index (χ4n) is 3.88. The number of hydrogen-bond acceptors (Lipinski definition) is 4. The number of hydrogen-bond donors (Lipinski definition) is 1. The topological polar surface area (TPSA) is 37.4 Å². The van der Waals surface area contributed by atoms with Gasteiger partial charge in [0.2, 0.25) is 5.88 Å². The van der Waals surface area contributed by atoms with Gasteiger partial charge in [0.15, 0.2) is 0 Å². The van der Waals surface area contributed by atoms with E-state index in [9.17, 15) is 0 Å². The van der Waals surface area contributed by atoms with Crippen LogP contribution in [0.3, 0.4) is 0 Å². The van der Waals surface area contributed by atoms with Gasteiger partial charge in [-0.05, 0) is 24.3 Å². The molecule has 1 N–H and O–H groups in total. The Bertz CT molecular complexity index is 404. The van der Waals surface area contributed by atoms with Crippen LogP contribution in [-0.4, -0.2) is 43.2 Å². The Kier molecular flexibility index (Phi) is 5.09. The van der Waals surface area contributed by atoms with E-state index < -0.39 is 0 Å². The van der Waals surface area contributed by atoms with Gasteiger partial charge >= 0.3 is 0 Å². The number of ether oxygens (including phenoxy) is 1. The lowest BCUT2D eigenvalue weighted by Gasteiger charge is -2.41. The van der Waals surface area contributed by atoms with Crippen molar-refractivity contribution in [2.75, 3.05) is 33.3 Å². The molecule has 0 spiro atoms. The zero-order valence-electron chi connectivity index (χ0n) is 13.1. The van der Waals surface area contributed by atoms with Gasteiger partial charge in [0.1, 0.15) is 0 Å². The number of nitrogens with zero attached hydrogens (tertiary/aromatic N) is 2. The van der Waals surface area contributed by atoms with Crippen LogP contribution >= 0.6 is 0 Å². The molecule has 0 amide bonds. The quantitative estimate of drug-likeness (QED) is 0.924. The molecule has 4 heteroatoms. The van der Waals surface area contributed by atoms with Crippen molar-refractivity contribution in [1.29, 1.82) is 0 Å². The van der Waals surface area contributed by atoms with Crippen molar-refractivity contribution in [1.82, 2.24) is 15.2 Å². The van der Waals surface area contributed by atoms with Gasteiger partial charge in [-0.1, -0.05) is 25.3 Å². The highest BCUT2D eigenvalue weighted by atomic mass is 16.5. The molecule has 116 valence electrons. The van der Waals surface area contributed by atoms with E-state index in [0.29, 0.717) is 11.9 Å². The molecule has 2 heterocycles. The van der Waals surface area contributed by atoms with E-state index in [2.05, 4.69) is 21.3 Å². The van der Waals surface area contributed by atoms with Gasteiger partial charge in [-0.15, -0.1) is 0 Å². The van der Waals surface area contributed by atoms with Crippen LogP contribution < -0.4 is 10.1 Å². The molecule has 0 bridgehead atoms. The van der Waals surface area contributed by atoms with Gasteiger partial charge in [0.05, 0.1) is 7.11 Å². The summed E-state index contributed by atoms with van der Waals surface area (Å²) in [4.78, 5) is 7.11. The summed E-state index contributed by atoms with van der Waals surface area (Å²) in [6.45, 7) is 4.50. The fourth-order valence-corrected chi connectivity index (χ4v) is 3.88. The molecule has 1 saturated heterocycles. The standard InChI is InChI=1S/C17H27N3O/c1-21-16-8-7-15(13-19-16)17(14-5-3-2-4-6-14)20-11-9-18-10-12-20/h7-8,13-14,17-18H,2-6,9-12H2,1H3/t17-/m1/s1. The Morgan fingerprint density at radius 2 is 1.95 bits per heavy atom. The van der Waals surface area contributed by atoms with Crippen molar-refractivity contribution < 1.29 is 4.74 Å². The molecule has 1 aromatic rings. The summed E-state index contributed by atoms with van der Waals surface area (Å²) in [6.07, 6.45) is 8.93. The molecule has 21 heavy (non-hydrogen) atoms. The molecule has 1 atom stereocenters. The molecule has 1 saturated carbocycles. The Morgan fingerprint density at radius 3 is 2.57 bits per heavy atom. The zero-order chi connectivity index (χ0) is 14.5. The number of nitrogens with one attached hydrogen (secondary N) is 1. The van der Waals surface area contributed by atoms with Crippen molar-refractivity contribution in [3.05, 3.63) is 23.9 Å². The van der Waals surface area contributed by atoms with Gasteiger partial charge in [-0.25, -0.2) is 4.98 Å². The maximum absolute atomic E-state index is 5.21. The van der Waals surface area contributed by atoms with E-state index in [1.165, 1.54) is 37.7 Å². The highest BCUT2D eigenvalue weighted by Gasteiger charge is 2.31. The van der Waals surface area contributed by atoms with Crippen LogP contribution in [0.25, 0.3) is 0 Å². The molecule has 0 unspecified atom stereocenters. The Balaban J connectivity index is 1.82. The molecule has 0 aromatic carbocycles. The lowest BCUT2D eigenvalue weighted by Crippen LogP contribution is -2.47. The Hall–Kier alpha value is -1.13. The summed E-state index contributed by atoms with van der Waals surface area (Å²) < 4.78 is 5.21. The van der Waals surface area contributed by atoms with Gasteiger partial charge in [-0.2, -0.15) is 0 Å². The molecule has 1 aliphatic heterocycles. The van der Waals surface area contributed by atoms with Gasteiger partial charge in [-0.3, -0.25) is 4.90 Å². The lowest BCUT2D eigenvalue weighted by atomic mass is 9.80. The van der Waals surface area contributed by atoms with Crippen LogP contribution in [0.1, 0.15) is 43.7 Å². The summed E-state index contributed by atoms with van der Waals surface area (Å²) in [6, 6.07) is 4.76. The molecule has 1 aliphatic carbocycles.